The molecule has 0 spiro atoms. The molecule has 0 aliphatic carbocycles. The molecule has 1 aromatic carbocycles. The molecule has 0 bridgehead atoms. The highest BCUT2D eigenvalue weighted by molar-refractivity contribution is 5.77. The van der Waals surface area contributed by atoms with Gasteiger partial charge in [-0.15, -0.1) is 0 Å². The summed E-state index contributed by atoms with van der Waals surface area (Å²) in [4.78, 5) is 28.5. The predicted molar refractivity (Wildman–Crippen MR) is 121 cm³/mol. The summed E-state index contributed by atoms with van der Waals surface area (Å²) in [6, 6.07) is 12.5. The molecule has 1 aliphatic rings. The summed E-state index contributed by atoms with van der Waals surface area (Å²) in [6.07, 6.45) is 8.97. The van der Waals surface area contributed by atoms with Crippen LogP contribution in [-0.4, -0.2) is 44.6 Å². The minimum absolute atomic E-state index is 0.0975. The lowest BCUT2D eigenvalue weighted by molar-refractivity contribution is -0.121. The molecule has 2 atom stereocenters. The summed E-state index contributed by atoms with van der Waals surface area (Å²) < 4.78 is 1.81. The van der Waals surface area contributed by atoms with E-state index < -0.39 is 0 Å². The highest BCUT2D eigenvalue weighted by Gasteiger charge is 2.26. The van der Waals surface area contributed by atoms with Crippen molar-refractivity contribution in [3.05, 3.63) is 66.4 Å². The van der Waals surface area contributed by atoms with E-state index in [0.717, 1.165) is 37.3 Å². The van der Waals surface area contributed by atoms with Crippen molar-refractivity contribution in [1.82, 2.24) is 24.8 Å². The van der Waals surface area contributed by atoms with Crippen LogP contribution in [0.15, 0.2) is 55.1 Å². The molecule has 1 saturated heterocycles. The number of aromatic nitrogens is 4. The zero-order valence-corrected chi connectivity index (χ0v) is 18.2. The van der Waals surface area contributed by atoms with Gasteiger partial charge in [-0.2, -0.15) is 4.98 Å². The number of hydrogen-bond donors (Lipinski definition) is 1. The number of carbonyl (C=O) groups is 1. The smallest absolute Gasteiger partial charge is 0.237 e. The van der Waals surface area contributed by atoms with Crippen LogP contribution in [0, 0.1) is 6.92 Å². The van der Waals surface area contributed by atoms with E-state index in [4.69, 9.17) is 4.98 Å². The van der Waals surface area contributed by atoms with Gasteiger partial charge < -0.3 is 10.2 Å². The van der Waals surface area contributed by atoms with Crippen molar-refractivity contribution in [3.63, 3.8) is 0 Å². The van der Waals surface area contributed by atoms with Gasteiger partial charge in [0.1, 0.15) is 12.1 Å². The second-order valence-corrected chi connectivity index (χ2v) is 8.30. The number of nitrogens with zero attached hydrogens (tertiary/aromatic N) is 5. The van der Waals surface area contributed by atoms with Gasteiger partial charge >= 0.3 is 0 Å². The van der Waals surface area contributed by atoms with Crippen molar-refractivity contribution < 1.29 is 4.79 Å². The fourth-order valence-corrected chi connectivity index (χ4v) is 4.14. The fraction of sp³-hybridized carbons (Fsp3) is 0.417. The highest BCUT2D eigenvalue weighted by Crippen LogP contribution is 2.26. The van der Waals surface area contributed by atoms with Crippen molar-refractivity contribution in [3.8, 4) is 5.95 Å². The number of carbonyl (C=O) groups excluding carboxylic acids is 1. The molecule has 0 radical (unpaired) electrons. The lowest BCUT2D eigenvalue weighted by atomic mass is 9.98. The van der Waals surface area contributed by atoms with E-state index >= 15 is 0 Å². The van der Waals surface area contributed by atoms with Crippen LogP contribution in [0.2, 0.25) is 0 Å². The average molecular weight is 419 g/mol. The molecule has 162 valence electrons. The van der Waals surface area contributed by atoms with E-state index in [-0.39, 0.29) is 17.9 Å². The van der Waals surface area contributed by atoms with Crippen LogP contribution >= 0.6 is 0 Å². The van der Waals surface area contributed by atoms with Crippen molar-refractivity contribution in [2.24, 2.45) is 0 Å². The summed E-state index contributed by atoms with van der Waals surface area (Å²) in [5, 5.41) is 3.13. The SMILES string of the molecule is Cc1cc(N2CCCCC2CC(=O)NCC(C)c2ccccc2)nc(-n2ccnc2)n1. The maximum atomic E-state index is 12.8. The molecule has 3 heterocycles. The van der Waals surface area contributed by atoms with Gasteiger partial charge in [-0.3, -0.25) is 9.36 Å². The maximum Gasteiger partial charge on any atom is 0.237 e. The zero-order valence-electron chi connectivity index (χ0n) is 18.2. The topological polar surface area (TPSA) is 75.9 Å². The molecule has 1 fully saturated rings. The summed E-state index contributed by atoms with van der Waals surface area (Å²) >= 11 is 0. The lowest BCUT2D eigenvalue weighted by Gasteiger charge is -2.36. The van der Waals surface area contributed by atoms with Crippen LogP contribution in [0.1, 0.15) is 49.8 Å². The number of hydrogen-bond acceptors (Lipinski definition) is 5. The first kappa shape index (κ1) is 21.0. The third kappa shape index (κ3) is 5.29. The van der Waals surface area contributed by atoms with Crippen LogP contribution in [-0.2, 0) is 4.79 Å². The normalized spacial score (nSPS) is 17.4. The molecule has 2 unspecified atom stereocenters. The summed E-state index contributed by atoms with van der Waals surface area (Å²) in [5.74, 6) is 1.87. The first-order valence-electron chi connectivity index (χ1n) is 11.0. The van der Waals surface area contributed by atoms with Crippen LogP contribution < -0.4 is 10.2 Å². The third-order valence-corrected chi connectivity index (χ3v) is 5.88. The Morgan fingerprint density at radius 3 is 2.84 bits per heavy atom. The zero-order chi connectivity index (χ0) is 21.6. The molecule has 7 nitrogen and oxygen atoms in total. The Morgan fingerprint density at radius 1 is 1.23 bits per heavy atom. The number of amides is 1. The van der Waals surface area contributed by atoms with E-state index in [9.17, 15) is 4.79 Å². The molecule has 1 amide bonds. The minimum atomic E-state index is 0.0975. The van der Waals surface area contributed by atoms with Crippen LogP contribution in [0.5, 0.6) is 0 Å². The van der Waals surface area contributed by atoms with E-state index in [1.54, 1.807) is 12.5 Å². The Labute approximate surface area is 183 Å². The largest absolute Gasteiger partial charge is 0.355 e. The Hall–Kier alpha value is -3.22. The van der Waals surface area contributed by atoms with Crippen LogP contribution in [0.4, 0.5) is 5.82 Å². The maximum absolute atomic E-state index is 12.8. The van der Waals surface area contributed by atoms with Gasteiger partial charge in [0.15, 0.2) is 0 Å². The van der Waals surface area contributed by atoms with Crippen molar-refractivity contribution in [2.45, 2.75) is 51.5 Å². The number of nitrogens with one attached hydrogen (secondary N) is 1. The first-order chi connectivity index (χ1) is 15.1. The van der Waals surface area contributed by atoms with Gasteiger partial charge in [-0.25, -0.2) is 9.97 Å². The Bertz CT molecular complexity index is 989. The molecule has 4 rings (SSSR count). The van der Waals surface area contributed by atoms with Gasteiger partial charge in [-0.1, -0.05) is 37.3 Å². The highest BCUT2D eigenvalue weighted by atomic mass is 16.1. The van der Waals surface area contributed by atoms with Gasteiger partial charge in [0.25, 0.3) is 0 Å². The first-order valence-corrected chi connectivity index (χ1v) is 11.0. The van der Waals surface area contributed by atoms with Crippen molar-refractivity contribution in [1.29, 1.82) is 0 Å². The molecular formula is C24H30N6O. The molecule has 3 aromatic rings. The lowest BCUT2D eigenvalue weighted by Crippen LogP contribution is -2.43. The van der Waals surface area contributed by atoms with Crippen molar-refractivity contribution >= 4 is 11.7 Å². The van der Waals surface area contributed by atoms with E-state index in [1.807, 2.05) is 42.0 Å². The van der Waals surface area contributed by atoms with E-state index in [1.165, 1.54) is 5.56 Å². The number of piperidine rings is 1. The average Bonchev–Trinajstić information content (AvgIpc) is 3.33. The van der Waals surface area contributed by atoms with E-state index in [0.29, 0.717) is 18.9 Å². The third-order valence-electron chi connectivity index (χ3n) is 5.88. The summed E-state index contributed by atoms with van der Waals surface area (Å²) in [5.41, 5.74) is 2.14. The van der Waals surface area contributed by atoms with Crippen LogP contribution in [0.3, 0.4) is 0 Å². The standard InChI is InChI=1S/C24H30N6O/c1-18(20-8-4-3-5-9-20)16-26-23(31)15-21-10-6-7-12-30(21)22-14-19(2)27-24(28-22)29-13-11-25-17-29/h3-5,8-9,11,13-14,17-18,21H,6-7,10,12,15-16H2,1-2H3,(H,26,31). The molecule has 2 aromatic heterocycles. The number of benzene rings is 1. The number of rotatable bonds is 7. The Balaban J connectivity index is 1.42. The fourth-order valence-electron chi connectivity index (χ4n) is 4.14. The molecule has 1 aliphatic heterocycles. The Morgan fingerprint density at radius 2 is 2.06 bits per heavy atom. The van der Waals surface area contributed by atoms with Gasteiger partial charge in [-0.05, 0) is 37.7 Å². The summed E-state index contributed by atoms with van der Waals surface area (Å²) in [6.45, 7) is 5.66. The number of anilines is 1. The van der Waals surface area contributed by atoms with Gasteiger partial charge in [0.05, 0.1) is 0 Å². The monoisotopic (exact) mass is 418 g/mol. The summed E-state index contributed by atoms with van der Waals surface area (Å²) in [7, 11) is 0. The number of aryl methyl sites for hydroxylation is 1. The Kier molecular flexibility index (Phi) is 6.60. The molecule has 0 saturated carbocycles. The number of imidazole rings is 1. The molecule has 7 heteroatoms. The second kappa shape index (κ2) is 9.73. The molecule has 1 N–H and O–H groups in total. The minimum Gasteiger partial charge on any atom is -0.355 e. The second-order valence-electron chi connectivity index (χ2n) is 8.30. The van der Waals surface area contributed by atoms with Crippen LogP contribution in [0.25, 0.3) is 5.95 Å². The van der Waals surface area contributed by atoms with Gasteiger partial charge in [0.2, 0.25) is 11.9 Å². The molecule has 31 heavy (non-hydrogen) atoms. The predicted octanol–water partition coefficient (Wildman–Crippen LogP) is 3.64. The van der Waals surface area contributed by atoms with E-state index in [2.05, 4.69) is 39.2 Å². The molecular weight excluding hydrogens is 388 g/mol. The quantitative estimate of drug-likeness (QED) is 0.634. The van der Waals surface area contributed by atoms with Crippen molar-refractivity contribution in [2.75, 3.05) is 18.0 Å². The van der Waals surface area contributed by atoms with Gasteiger partial charge in [0, 0.05) is 49.7 Å².